The fourth-order valence-corrected chi connectivity index (χ4v) is 0. The first-order valence-electron chi connectivity index (χ1n) is 6.49. The van der Waals surface area contributed by atoms with E-state index < -0.39 is 41.8 Å². The fraction of sp³-hybridized carbons (Fsp3) is 0.500. The van der Waals surface area contributed by atoms with Gasteiger partial charge in [0.15, 0.2) is 0 Å². The van der Waals surface area contributed by atoms with Crippen LogP contribution >= 0.6 is 0 Å². The number of aliphatic carboxylic acids is 7. The third-order valence-corrected chi connectivity index (χ3v) is 0. The van der Waals surface area contributed by atoms with E-state index in [-0.39, 0.29) is 52.8 Å². The van der Waals surface area contributed by atoms with Gasteiger partial charge in [0.1, 0.15) is 0 Å². The van der Waals surface area contributed by atoms with Crippen molar-refractivity contribution in [1.82, 2.24) is 0 Å². The third kappa shape index (κ3) is 3450. The van der Waals surface area contributed by atoms with E-state index in [1.54, 1.807) is 0 Å². The van der Waals surface area contributed by atoms with Crippen LogP contribution in [0.2, 0.25) is 0 Å². The molecule has 0 amide bonds. The molecule has 0 unspecified atom stereocenters. The SMILES string of the molecule is CC(=O)O.CC(=O)O.CC(=O)O.CC(=O)O.CC(=O)O.CC(=O)O.CC(=O)O.[H-].[K+]. The van der Waals surface area contributed by atoms with Crippen LogP contribution in [0, 0.1) is 0 Å². The number of rotatable bonds is 0. The standard InChI is InChI=1S/7C2H4O2.K.H/c7*1-2(3)4;;/h7*1H3,(H,3,4);;/q;;;;;;;+1;-1. The zero-order chi connectivity index (χ0) is 25.0. The Kier molecular flexibility index (Phi) is 78.4. The second-order valence-electron chi connectivity index (χ2n) is 3.63. The van der Waals surface area contributed by atoms with Crippen molar-refractivity contribution in [3.05, 3.63) is 0 Å². The summed E-state index contributed by atoms with van der Waals surface area (Å²) in [5.41, 5.74) is 0. The molecular formula is C14H29KO14. The number of carboxylic acids is 7. The van der Waals surface area contributed by atoms with Crippen molar-refractivity contribution in [2.75, 3.05) is 0 Å². The Labute approximate surface area is 211 Å². The van der Waals surface area contributed by atoms with Crippen LogP contribution in [0.5, 0.6) is 0 Å². The summed E-state index contributed by atoms with van der Waals surface area (Å²) in [6.45, 7) is 7.58. The van der Waals surface area contributed by atoms with Crippen LogP contribution < -0.4 is 51.4 Å². The topological polar surface area (TPSA) is 261 Å². The van der Waals surface area contributed by atoms with Crippen molar-refractivity contribution in [3.63, 3.8) is 0 Å². The molecule has 0 aliphatic rings. The molecule has 14 nitrogen and oxygen atoms in total. The van der Waals surface area contributed by atoms with Crippen molar-refractivity contribution < 1.29 is 122 Å². The molecule has 0 aromatic heterocycles. The van der Waals surface area contributed by atoms with Crippen molar-refractivity contribution in [3.8, 4) is 0 Å². The van der Waals surface area contributed by atoms with Crippen LogP contribution in [0.15, 0.2) is 0 Å². The first-order chi connectivity index (χ1) is 12.1. The van der Waals surface area contributed by atoms with Crippen molar-refractivity contribution in [2.24, 2.45) is 0 Å². The summed E-state index contributed by atoms with van der Waals surface area (Å²) in [7, 11) is 0. The van der Waals surface area contributed by atoms with Gasteiger partial charge in [0, 0.05) is 48.5 Å². The van der Waals surface area contributed by atoms with E-state index in [9.17, 15) is 0 Å². The molecule has 7 N–H and O–H groups in total. The van der Waals surface area contributed by atoms with Crippen LogP contribution in [-0.4, -0.2) is 77.5 Å². The molecule has 0 heterocycles. The Morgan fingerprint density at radius 2 is 0.345 bits per heavy atom. The first-order valence-corrected chi connectivity index (χ1v) is 6.49. The van der Waals surface area contributed by atoms with E-state index in [4.69, 9.17) is 69.3 Å². The minimum Gasteiger partial charge on any atom is -1.00 e. The van der Waals surface area contributed by atoms with Gasteiger partial charge in [0.2, 0.25) is 0 Å². The maximum Gasteiger partial charge on any atom is 1.00 e. The summed E-state index contributed by atoms with van der Waals surface area (Å²) >= 11 is 0. The zero-order valence-electron chi connectivity index (χ0n) is 18.5. The Balaban J connectivity index is -0.0000000242. The maximum absolute atomic E-state index is 9.00. The van der Waals surface area contributed by atoms with Crippen LogP contribution in [0.4, 0.5) is 0 Å². The Bertz CT molecular complexity index is 320. The van der Waals surface area contributed by atoms with Gasteiger partial charge in [-0.2, -0.15) is 0 Å². The quantitative estimate of drug-likeness (QED) is 0.188. The number of carboxylic acid groups (broad SMARTS) is 7. The van der Waals surface area contributed by atoms with Gasteiger partial charge in [0.05, 0.1) is 0 Å². The molecule has 0 aromatic rings. The molecule has 29 heavy (non-hydrogen) atoms. The van der Waals surface area contributed by atoms with Gasteiger partial charge >= 0.3 is 51.4 Å². The molecular weight excluding hydrogens is 431 g/mol. The Hall–Kier alpha value is -2.07. The molecule has 0 aromatic carbocycles. The molecule has 0 radical (unpaired) electrons. The largest absolute Gasteiger partial charge is 1.00 e. The Morgan fingerprint density at radius 3 is 0.345 bits per heavy atom. The van der Waals surface area contributed by atoms with Crippen LogP contribution in [0.1, 0.15) is 49.9 Å². The van der Waals surface area contributed by atoms with Crippen LogP contribution in [-0.2, 0) is 33.6 Å². The van der Waals surface area contributed by atoms with Crippen molar-refractivity contribution in [1.29, 1.82) is 0 Å². The predicted octanol–water partition coefficient (Wildman–Crippen LogP) is -2.25. The van der Waals surface area contributed by atoms with Gasteiger partial charge in [0.25, 0.3) is 41.8 Å². The molecule has 0 aliphatic carbocycles. The van der Waals surface area contributed by atoms with Crippen molar-refractivity contribution >= 4 is 41.8 Å². The molecule has 0 spiro atoms. The smallest absolute Gasteiger partial charge is 1.00 e. The summed E-state index contributed by atoms with van der Waals surface area (Å²) in [6.07, 6.45) is 0. The van der Waals surface area contributed by atoms with E-state index in [0.717, 1.165) is 48.5 Å². The molecule has 0 atom stereocenters. The van der Waals surface area contributed by atoms with Crippen molar-refractivity contribution in [2.45, 2.75) is 48.5 Å². The van der Waals surface area contributed by atoms with Gasteiger partial charge in [-0.15, -0.1) is 0 Å². The molecule has 0 bridgehead atoms. The normalized spacial score (nSPS) is 6.03. The molecule has 0 fully saturated rings. The summed E-state index contributed by atoms with van der Waals surface area (Å²) in [6, 6.07) is 0. The third-order valence-electron chi connectivity index (χ3n) is 0. The summed E-state index contributed by atoms with van der Waals surface area (Å²) in [4.78, 5) is 63.0. The van der Waals surface area contributed by atoms with Gasteiger partial charge in [-0.25, -0.2) is 0 Å². The summed E-state index contributed by atoms with van der Waals surface area (Å²) < 4.78 is 0. The number of hydrogen-bond acceptors (Lipinski definition) is 7. The monoisotopic (exact) mass is 460 g/mol. The molecule has 170 valence electrons. The van der Waals surface area contributed by atoms with Gasteiger partial charge in [-0.3, -0.25) is 33.6 Å². The minimum absolute atomic E-state index is 0. The van der Waals surface area contributed by atoms with Gasteiger partial charge < -0.3 is 37.2 Å². The zero-order valence-corrected chi connectivity index (χ0v) is 20.6. The van der Waals surface area contributed by atoms with Crippen LogP contribution in [0.25, 0.3) is 0 Å². The van der Waals surface area contributed by atoms with E-state index in [1.807, 2.05) is 0 Å². The van der Waals surface area contributed by atoms with E-state index in [1.165, 1.54) is 0 Å². The van der Waals surface area contributed by atoms with Gasteiger partial charge in [-0.05, 0) is 0 Å². The average Bonchev–Trinajstić information content (AvgIpc) is 2.20. The summed E-state index contributed by atoms with van der Waals surface area (Å²) in [5, 5.41) is 51.9. The first kappa shape index (κ1) is 50.5. The number of carbonyl (C=O) groups is 7. The number of hydrogen-bond donors (Lipinski definition) is 7. The van der Waals surface area contributed by atoms with E-state index in [2.05, 4.69) is 0 Å². The molecule has 0 rings (SSSR count). The second kappa shape index (κ2) is 45.0. The average molecular weight is 460 g/mol. The maximum atomic E-state index is 9.00. The predicted molar refractivity (Wildman–Crippen MR) is 94.3 cm³/mol. The van der Waals surface area contributed by atoms with Crippen LogP contribution in [0.3, 0.4) is 0 Å². The Morgan fingerprint density at radius 1 is 0.345 bits per heavy atom. The fourth-order valence-electron chi connectivity index (χ4n) is 0. The second-order valence-corrected chi connectivity index (χ2v) is 3.63. The molecule has 0 saturated carbocycles. The molecule has 0 aliphatic heterocycles. The summed E-state index contributed by atoms with van der Waals surface area (Å²) in [5.74, 6) is -5.83. The molecule has 15 heteroatoms. The minimum atomic E-state index is -0.833. The van der Waals surface area contributed by atoms with E-state index in [0.29, 0.717) is 0 Å². The molecule has 0 saturated heterocycles. The van der Waals surface area contributed by atoms with E-state index >= 15 is 0 Å². The van der Waals surface area contributed by atoms with Gasteiger partial charge in [-0.1, -0.05) is 0 Å².